The lowest BCUT2D eigenvalue weighted by molar-refractivity contribution is 0.990. The molecule has 0 aromatic carbocycles. The Morgan fingerprint density at radius 3 is 2.88 bits per heavy atom. The number of aromatic nitrogens is 2. The quantitative estimate of drug-likeness (QED) is 0.921. The van der Waals surface area contributed by atoms with Crippen molar-refractivity contribution in [2.24, 2.45) is 0 Å². The molecule has 2 rings (SSSR count). The molecule has 0 fully saturated rings. The van der Waals surface area contributed by atoms with Crippen LogP contribution in [0.25, 0.3) is 10.7 Å². The molecule has 1 N–H and O–H groups in total. The van der Waals surface area contributed by atoms with Gasteiger partial charge in [-0.2, -0.15) is 0 Å². The second-order valence-electron chi connectivity index (χ2n) is 3.17. The lowest BCUT2D eigenvalue weighted by atomic mass is 10.3. The fraction of sp³-hybridized carbons (Fsp3) is 0.200. The predicted octanol–water partition coefficient (Wildman–Crippen LogP) is 3.48. The first kappa shape index (κ1) is 11.8. The summed E-state index contributed by atoms with van der Waals surface area (Å²) in [7, 11) is 0. The largest absolute Gasteiger partial charge is 0.306 e. The molecule has 6 heteroatoms. The van der Waals surface area contributed by atoms with Gasteiger partial charge in [0.25, 0.3) is 5.56 Å². The molecule has 2 aromatic heterocycles. The van der Waals surface area contributed by atoms with E-state index in [1.807, 2.05) is 13.0 Å². The SMILES string of the molecule is CCc1cc(=O)[nH]c(-c2cc(Br)c(Cl)s2)n1. The van der Waals surface area contributed by atoms with E-state index in [2.05, 4.69) is 25.9 Å². The van der Waals surface area contributed by atoms with Crippen LogP contribution >= 0.6 is 38.9 Å². The molecule has 0 aliphatic carbocycles. The molecule has 0 radical (unpaired) electrons. The van der Waals surface area contributed by atoms with Crippen molar-refractivity contribution in [2.75, 3.05) is 0 Å². The van der Waals surface area contributed by atoms with Crippen LogP contribution < -0.4 is 5.56 Å². The van der Waals surface area contributed by atoms with Crippen molar-refractivity contribution in [1.82, 2.24) is 9.97 Å². The molecule has 0 aliphatic heterocycles. The molecule has 3 nitrogen and oxygen atoms in total. The number of hydrogen-bond acceptors (Lipinski definition) is 3. The number of nitrogens with zero attached hydrogens (tertiary/aromatic N) is 1. The first-order chi connectivity index (χ1) is 7.60. The van der Waals surface area contributed by atoms with Gasteiger partial charge in [-0.3, -0.25) is 4.79 Å². The Balaban J connectivity index is 2.55. The van der Waals surface area contributed by atoms with Crippen LogP contribution in [0.3, 0.4) is 0 Å². The highest BCUT2D eigenvalue weighted by Crippen LogP contribution is 2.36. The number of aromatic amines is 1. The Labute approximate surface area is 110 Å². The molecule has 0 saturated carbocycles. The van der Waals surface area contributed by atoms with Crippen molar-refractivity contribution in [3.8, 4) is 10.7 Å². The zero-order chi connectivity index (χ0) is 11.7. The molecule has 0 spiro atoms. The number of H-pyrrole nitrogens is 1. The van der Waals surface area contributed by atoms with Crippen molar-refractivity contribution in [3.05, 3.63) is 37.0 Å². The van der Waals surface area contributed by atoms with Crippen molar-refractivity contribution < 1.29 is 0 Å². The van der Waals surface area contributed by atoms with Gasteiger partial charge < -0.3 is 4.98 Å². The van der Waals surface area contributed by atoms with Gasteiger partial charge in [-0.05, 0) is 28.4 Å². The van der Waals surface area contributed by atoms with Crippen molar-refractivity contribution in [3.63, 3.8) is 0 Å². The summed E-state index contributed by atoms with van der Waals surface area (Å²) in [4.78, 5) is 19.3. The Kier molecular flexibility index (Phi) is 3.47. The van der Waals surface area contributed by atoms with Gasteiger partial charge in [0.1, 0.15) is 4.34 Å². The van der Waals surface area contributed by atoms with Crippen LogP contribution in [0.4, 0.5) is 0 Å². The zero-order valence-corrected chi connectivity index (χ0v) is 11.5. The lowest BCUT2D eigenvalue weighted by Crippen LogP contribution is -2.09. The van der Waals surface area contributed by atoms with Gasteiger partial charge in [-0.15, -0.1) is 11.3 Å². The fourth-order valence-electron chi connectivity index (χ4n) is 1.27. The first-order valence-electron chi connectivity index (χ1n) is 4.65. The Bertz CT molecular complexity index is 559. The van der Waals surface area contributed by atoms with E-state index >= 15 is 0 Å². The first-order valence-corrected chi connectivity index (χ1v) is 6.64. The fourth-order valence-corrected chi connectivity index (χ4v) is 2.92. The summed E-state index contributed by atoms with van der Waals surface area (Å²) in [5.41, 5.74) is 0.641. The van der Waals surface area contributed by atoms with E-state index in [0.29, 0.717) is 10.2 Å². The highest BCUT2D eigenvalue weighted by Gasteiger charge is 2.09. The Hall–Kier alpha value is -0.650. The predicted molar refractivity (Wildman–Crippen MR) is 70.3 cm³/mol. The lowest BCUT2D eigenvalue weighted by Gasteiger charge is -1.99. The molecule has 0 aliphatic rings. The molecular formula is C10H8BrClN2OS. The van der Waals surface area contributed by atoms with Crippen molar-refractivity contribution in [2.45, 2.75) is 13.3 Å². The van der Waals surface area contributed by atoms with Crippen LogP contribution in [-0.2, 0) is 6.42 Å². The number of aryl methyl sites for hydroxylation is 1. The van der Waals surface area contributed by atoms with Gasteiger partial charge in [-0.25, -0.2) is 4.98 Å². The minimum absolute atomic E-state index is 0.137. The molecular weight excluding hydrogens is 312 g/mol. The summed E-state index contributed by atoms with van der Waals surface area (Å²) in [5.74, 6) is 0.571. The third kappa shape index (κ3) is 2.36. The van der Waals surface area contributed by atoms with Crippen LogP contribution in [0, 0.1) is 0 Å². The van der Waals surface area contributed by atoms with Crippen LogP contribution in [0.1, 0.15) is 12.6 Å². The molecule has 84 valence electrons. The van der Waals surface area contributed by atoms with Gasteiger partial charge in [-0.1, -0.05) is 18.5 Å². The summed E-state index contributed by atoms with van der Waals surface area (Å²) in [5, 5.41) is 0. The summed E-state index contributed by atoms with van der Waals surface area (Å²) >= 11 is 10.7. The van der Waals surface area contributed by atoms with Gasteiger partial charge in [0, 0.05) is 16.2 Å². The van der Waals surface area contributed by atoms with Gasteiger partial charge in [0.15, 0.2) is 5.82 Å². The number of thiophene rings is 1. The summed E-state index contributed by atoms with van der Waals surface area (Å²) in [6.07, 6.45) is 0.733. The van der Waals surface area contributed by atoms with Gasteiger partial charge >= 0.3 is 0 Å². The molecule has 0 atom stereocenters. The van der Waals surface area contributed by atoms with Gasteiger partial charge in [0.2, 0.25) is 0 Å². The Morgan fingerprint density at radius 2 is 2.31 bits per heavy atom. The van der Waals surface area contributed by atoms with Crippen LogP contribution in [0.5, 0.6) is 0 Å². The van der Waals surface area contributed by atoms with E-state index < -0.39 is 0 Å². The van der Waals surface area contributed by atoms with E-state index in [-0.39, 0.29) is 5.56 Å². The standard InChI is InChI=1S/C10H8BrClN2OS/c1-2-5-3-8(15)14-10(13-5)7-4-6(11)9(12)16-7/h3-4H,2H2,1H3,(H,13,14,15). The third-order valence-electron chi connectivity index (χ3n) is 2.04. The normalized spacial score (nSPS) is 10.7. The summed E-state index contributed by atoms with van der Waals surface area (Å²) < 4.78 is 1.47. The highest BCUT2D eigenvalue weighted by molar-refractivity contribution is 9.10. The van der Waals surface area contributed by atoms with E-state index in [1.54, 1.807) is 0 Å². The second-order valence-corrected chi connectivity index (χ2v) is 5.68. The maximum Gasteiger partial charge on any atom is 0.251 e. The maximum atomic E-state index is 11.4. The Morgan fingerprint density at radius 1 is 1.56 bits per heavy atom. The topological polar surface area (TPSA) is 45.8 Å². The van der Waals surface area contributed by atoms with E-state index in [0.717, 1.165) is 21.5 Å². The molecule has 2 heterocycles. The minimum atomic E-state index is -0.137. The monoisotopic (exact) mass is 318 g/mol. The van der Waals surface area contributed by atoms with E-state index in [9.17, 15) is 4.79 Å². The van der Waals surface area contributed by atoms with Crippen LogP contribution in [0.2, 0.25) is 4.34 Å². The average Bonchev–Trinajstić information content (AvgIpc) is 2.58. The van der Waals surface area contributed by atoms with E-state index in [4.69, 9.17) is 11.6 Å². The number of rotatable bonds is 2. The molecule has 0 amide bonds. The highest BCUT2D eigenvalue weighted by atomic mass is 79.9. The average molecular weight is 320 g/mol. The number of nitrogens with one attached hydrogen (secondary N) is 1. The minimum Gasteiger partial charge on any atom is -0.306 e. The van der Waals surface area contributed by atoms with Crippen molar-refractivity contribution >= 4 is 38.9 Å². The number of hydrogen-bond donors (Lipinski definition) is 1. The van der Waals surface area contributed by atoms with Crippen molar-refractivity contribution in [1.29, 1.82) is 0 Å². The van der Waals surface area contributed by atoms with Crippen LogP contribution in [-0.4, -0.2) is 9.97 Å². The number of halogens is 2. The molecule has 16 heavy (non-hydrogen) atoms. The van der Waals surface area contributed by atoms with Gasteiger partial charge in [0.05, 0.1) is 4.88 Å². The summed E-state index contributed by atoms with van der Waals surface area (Å²) in [6, 6.07) is 3.36. The third-order valence-corrected chi connectivity index (χ3v) is 4.52. The zero-order valence-electron chi connectivity index (χ0n) is 8.38. The molecule has 0 unspecified atom stereocenters. The maximum absolute atomic E-state index is 11.4. The second kappa shape index (κ2) is 4.69. The van der Waals surface area contributed by atoms with E-state index in [1.165, 1.54) is 17.4 Å². The molecule has 2 aromatic rings. The van der Waals surface area contributed by atoms with Crippen LogP contribution in [0.15, 0.2) is 21.4 Å². The molecule has 0 bridgehead atoms. The smallest absolute Gasteiger partial charge is 0.251 e. The summed E-state index contributed by atoms with van der Waals surface area (Å²) in [6.45, 7) is 1.96. The molecule has 0 saturated heterocycles.